The monoisotopic (exact) mass is 272 g/mol. The third-order valence-corrected chi connectivity index (χ3v) is 3.63. The van der Waals surface area contributed by atoms with Crippen molar-refractivity contribution in [2.45, 2.75) is 53.1 Å². The molecule has 0 aliphatic carbocycles. The fraction of sp³-hybridized carbons (Fsp3) is 1.00. The van der Waals surface area contributed by atoms with Crippen LogP contribution in [0.5, 0.6) is 0 Å². The summed E-state index contributed by atoms with van der Waals surface area (Å²) in [6.07, 6.45) is 1.79. The largest absolute Gasteiger partial charge is 0.352 e. The van der Waals surface area contributed by atoms with Gasteiger partial charge in [-0.15, -0.1) is 0 Å². The van der Waals surface area contributed by atoms with Gasteiger partial charge in [0, 0.05) is 12.8 Å². The Morgan fingerprint density at radius 2 is 1.05 bits per heavy atom. The zero-order valence-corrected chi connectivity index (χ0v) is 12.7. The van der Waals surface area contributed by atoms with Gasteiger partial charge in [-0.2, -0.15) is 0 Å². The Bertz CT molecular complexity index is 230. The molecule has 2 aliphatic rings. The van der Waals surface area contributed by atoms with Crippen molar-refractivity contribution in [3.63, 3.8) is 0 Å². The Kier molecular flexibility index (Phi) is 5.23. The van der Waals surface area contributed by atoms with E-state index in [-0.39, 0.29) is 18.0 Å². The minimum absolute atomic E-state index is 0.0565. The number of hydrogen-bond donors (Lipinski definition) is 0. The lowest BCUT2D eigenvalue weighted by atomic mass is 9.90. The van der Waals surface area contributed by atoms with E-state index in [1.54, 1.807) is 0 Å². The number of rotatable bonds is 4. The van der Waals surface area contributed by atoms with Gasteiger partial charge in [0.05, 0.1) is 31.8 Å². The maximum Gasteiger partial charge on any atom is 0.157 e. The summed E-state index contributed by atoms with van der Waals surface area (Å²) in [5, 5.41) is 0. The molecule has 0 unspecified atom stereocenters. The second kappa shape index (κ2) is 6.53. The SMILES string of the molecule is CC(C)CC1OCC2(CO1)COC(CC(C)C)OC2. The second-order valence-electron chi connectivity index (χ2n) is 6.86. The van der Waals surface area contributed by atoms with Crippen LogP contribution in [0.2, 0.25) is 0 Å². The first-order valence-electron chi connectivity index (χ1n) is 7.45. The van der Waals surface area contributed by atoms with E-state index in [2.05, 4.69) is 27.7 Å². The molecule has 2 heterocycles. The summed E-state index contributed by atoms with van der Waals surface area (Å²) in [6, 6.07) is 0. The van der Waals surface area contributed by atoms with E-state index in [4.69, 9.17) is 18.9 Å². The molecule has 0 aromatic rings. The predicted molar refractivity (Wildman–Crippen MR) is 72.7 cm³/mol. The van der Waals surface area contributed by atoms with Crippen LogP contribution in [0.15, 0.2) is 0 Å². The standard InChI is InChI=1S/C15H28O4/c1-11(2)5-13-16-7-15(8-17-13)9-18-14(19-10-15)6-12(3)4/h11-14H,5-10H2,1-4H3. The van der Waals surface area contributed by atoms with Gasteiger partial charge in [0.1, 0.15) is 0 Å². The molecule has 19 heavy (non-hydrogen) atoms. The van der Waals surface area contributed by atoms with Gasteiger partial charge >= 0.3 is 0 Å². The van der Waals surface area contributed by atoms with Gasteiger partial charge in [0.2, 0.25) is 0 Å². The second-order valence-corrected chi connectivity index (χ2v) is 6.86. The van der Waals surface area contributed by atoms with Crippen LogP contribution >= 0.6 is 0 Å². The van der Waals surface area contributed by atoms with Crippen molar-refractivity contribution < 1.29 is 18.9 Å². The molecule has 4 heteroatoms. The van der Waals surface area contributed by atoms with Gasteiger partial charge in [-0.25, -0.2) is 0 Å². The molecule has 2 aliphatic heterocycles. The van der Waals surface area contributed by atoms with Crippen LogP contribution in [-0.2, 0) is 18.9 Å². The number of ether oxygens (including phenoxy) is 4. The van der Waals surface area contributed by atoms with E-state index < -0.39 is 0 Å². The molecule has 0 amide bonds. The Balaban J connectivity index is 1.75. The van der Waals surface area contributed by atoms with Crippen LogP contribution in [0.25, 0.3) is 0 Å². The topological polar surface area (TPSA) is 36.9 Å². The molecule has 112 valence electrons. The summed E-state index contributed by atoms with van der Waals surface area (Å²) in [5.74, 6) is 1.18. The molecule has 0 aromatic heterocycles. The minimum atomic E-state index is -0.0963. The Labute approximate surface area is 116 Å². The van der Waals surface area contributed by atoms with E-state index in [0.29, 0.717) is 38.3 Å². The van der Waals surface area contributed by atoms with Crippen molar-refractivity contribution in [2.75, 3.05) is 26.4 Å². The van der Waals surface area contributed by atoms with E-state index in [0.717, 1.165) is 12.8 Å². The molecule has 1 spiro atoms. The van der Waals surface area contributed by atoms with E-state index in [1.807, 2.05) is 0 Å². The van der Waals surface area contributed by atoms with Gasteiger partial charge in [0.15, 0.2) is 12.6 Å². The average molecular weight is 272 g/mol. The molecule has 0 aromatic carbocycles. The van der Waals surface area contributed by atoms with Gasteiger partial charge in [0.25, 0.3) is 0 Å². The molecule has 2 rings (SSSR count). The Hall–Kier alpha value is -0.160. The molecule has 0 bridgehead atoms. The first-order valence-corrected chi connectivity index (χ1v) is 7.45. The summed E-state index contributed by atoms with van der Waals surface area (Å²) in [6.45, 7) is 11.4. The third kappa shape index (κ3) is 4.42. The molecule has 2 fully saturated rings. The highest BCUT2D eigenvalue weighted by Crippen LogP contribution is 2.32. The summed E-state index contributed by atoms with van der Waals surface area (Å²) in [5.41, 5.74) is -0.0963. The van der Waals surface area contributed by atoms with E-state index in [1.165, 1.54) is 0 Å². The van der Waals surface area contributed by atoms with Crippen molar-refractivity contribution in [1.82, 2.24) is 0 Å². The van der Waals surface area contributed by atoms with Crippen molar-refractivity contribution in [3.8, 4) is 0 Å². The number of hydrogen-bond acceptors (Lipinski definition) is 4. The average Bonchev–Trinajstić information content (AvgIpc) is 2.34. The van der Waals surface area contributed by atoms with Gasteiger partial charge in [-0.05, 0) is 11.8 Å². The van der Waals surface area contributed by atoms with Crippen molar-refractivity contribution in [2.24, 2.45) is 17.3 Å². The maximum absolute atomic E-state index is 5.82. The smallest absolute Gasteiger partial charge is 0.157 e. The summed E-state index contributed by atoms with van der Waals surface area (Å²) in [7, 11) is 0. The van der Waals surface area contributed by atoms with Crippen molar-refractivity contribution in [3.05, 3.63) is 0 Å². The van der Waals surface area contributed by atoms with Gasteiger partial charge in [-0.1, -0.05) is 27.7 Å². The predicted octanol–water partition coefficient (Wildman–Crippen LogP) is 2.81. The van der Waals surface area contributed by atoms with Gasteiger partial charge < -0.3 is 18.9 Å². The highest BCUT2D eigenvalue weighted by atomic mass is 16.7. The summed E-state index contributed by atoms with van der Waals surface area (Å²) in [4.78, 5) is 0. The molecular weight excluding hydrogens is 244 g/mol. The van der Waals surface area contributed by atoms with E-state index >= 15 is 0 Å². The first kappa shape index (κ1) is 15.2. The van der Waals surface area contributed by atoms with Crippen LogP contribution < -0.4 is 0 Å². The third-order valence-electron chi connectivity index (χ3n) is 3.63. The molecule has 4 nitrogen and oxygen atoms in total. The quantitative estimate of drug-likeness (QED) is 0.788. The lowest BCUT2D eigenvalue weighted by molar-refractivity contribution is -0.306. The van der Waals surface area contributed by atoms with Crippen LogP contribution in [0, 0.1) is 17.3 Å². The van der Waals surface area contributed by atoms with Crippen LogP contribution in [0.3, 0.4) is 0 Å². The molecule has 0 radical (unpaired) electrons. The van der Waals surface area contributed by atoms with Crippen LogP contribution in [-0.4, -0.2) is 39.0 Å². The first-order chi connectivity index (χ1) is 8.99. The molecule has 0 atom stereocenters. The van der Waals surface area contributed by atoms with Crippen LogP contribution in [0.1, 0.15) is 40.5 Å². The van der Waals surface area contributed by atoms with Crippen LogP contribution in [0.4, 0.5) is 0 Å². The van der Waals surface area contributed by atoms with Gasteiger partial charge in [-0.3, -0.25) is 0 Å². The zero-order valence-electron chi connectivity index (χ0n) is 12.7. The van der Waals surface area contributed by atoms with Crippen molar-refractivity contribution in [1.29, 1.82) is 0 Å². The zero-order chi connectivity index (χ0) is 13.9. The minimum Gasteiger partial charge on any atom is -0.352 e. The highest BCUT2D eigenvalue weighted by molar-refractivity contribution is 4.84. The molecule has 0 saturated carbocycles. The fourth-order valence-corrected chi connectivity index (χ4v) is 2.47. The lowest BCUT2D eigenvalue weighted by Crippen LogP contribution is -2.52. The fourth-order valence-electron chi connectivity index (χ4n) is 2.47. The Morgan fingerprint density at radius 3 is 1.32 bits per heavy atom. The normalized spacial score (nSPS) is 36.3. The molecule has 0 N–H and O–H groups in total. The Morgan fingerprint density at radius 1 is 0.737 bits per heavy atom. The summed E-state index contributed by atoms with van der Waals surface area (Å²) < 4.78 is 23.3. The highest BCUT2D eigenvalue weighted by Gasteiger charge is 2.42. The lowest BCUT2D eigenvalue weighted by Gasteiger charge is -2.44. The molecular formula is C15H28O4. The molecule has 2 saturated heterocycles. The van der Waals surface area contributed by atoms with Crippen molar-refractivity contribution >= 4 is 0 Å². The van der Waals surface area contributed by atoms with E-state index in [9.17, 15) is 0 Å². The summed E-state index contributed by atoms with van der Waals surface area (Å²) >= 11 is 0. The maximum atomic E-state index is 5.82.